The van der Waals surface area contributed by atoms with E-state index in [0.29, 0.717) is 6.54 Å². The molecule has 1 amide bonds. The van der Waals surface area contributed by atoms with Crippen molar-refractivity contribution in [3.05, 3.63) is 21.8 Å². The average Bonchev–Trinajstić information content (AvgIpc) is 2.75. The van der Waals surface area contributed by atoms with Crippen molar-refractivity contribution in [3.8, 4) is 0 Å². The molecule has 1 saturated heterocycles. The molecule has 0 aromatic heterocycles. The maximum absolute atomic E-state index is 12.1. The molecule has 0 bridgehead atoms. The quantitative estimate of drug-likeness (QED) is 0.442. The van der Waals surface area contributed by atoms with Crippen LogP contribution in [0.3, 0.4) is 0 Å². The van der Waals surface area contributed by atoms with E-state index in [-0.39, 0.29) is 29.2 Å². The van der Waals surface area contributed by atoms with Crippen LogP contribution in [0.2, 0.25) is 0 Å². The molecule has 0 saturated carbocycles. The molecule has 112 valence electrons. The van der Waals surface area contributed by atoms with Crippen LogP contribution in [0.15, 0.2) is 11.6 Å². The third-order valence-corrected chi connectivity index (χ3v) is 4.47. The Hall–Kier alpha value is -1.39. The van der Waals surface area contributed by atoms with E-state index in [4.69, 9.17) is 0 Å². The van der Waals surface area contributed by atoms with Crippen LogP contribution in [0.1, 0.15) is 52.4 Å². The summed E-state index contributed by atoms with van der Waals surface area (Å²) >= 11 is 0. The molecular weight excluding hydrogens is 256 g/mol. The zero-order valence-corrected chi connectivity index (χ0v) is 12.4. The third-order valence-electron chi connectivity index (χ3n) is 4.47. The summed E-state index contributed by atoms with van der Waals surface area (Å²) in [6.07, 6.45) is 7.95. The Morgan fingerprint density at radius 1 is 1.45 bits per heavy atom. The highest BCUT2D eigenvalue weighted by Crippen LogP contribution is 2.29. The van der Waals surface area contributed by atoms with E-state index < -0.39 is 6.04 Å². The van der Waals surface area contributed by atoms with Crippen molar-refractivity contribution in [1.29, 1.82) is 0 Å². The fraction of sp³-hybridized carbons (Fsp3) is 0.800. The van der Waals surface area contributed by atoms with Gasteiger partial charge in [-0.05, 0) is 38.0 Å². The molecule has 0 N–H and O–H groups in total. The predicted octanol–water partition coefficient (Wildman–Crippen LogP) is 2.78. The van der Waals surface area contributed by atoms with E-state index >= 15 is 0 Å². The minimum absolute atomic E-state index is 0.0539. The number of likely N-dealkylation sites (tertiary alicyclic amines) is 1. The monoisotopic (exact) mass is 280 g/mol. The number of hydrogen-bond acceptors (Lipinski definition) is 3. The molecule has 1 heterocycles. The van der Waals surface area contributed by atoms with E-state index in [1.165, 1.54) is 18.4 Å². The zero-order valence-electron chi connectivity index (χ0n) is 12.4. The van der Waals surface area contributed by atoms with Gasteiger partial charge < -0.3 is 4.90 Å². The highest BCUT2D eigenvalue weighted by molar-refractivity contribution is 5.79. The third kappa shape index (κ3) is 3.19. The van der Waals surface area contributed by atoms with Gasteiger partial charge in [0.15, 0.2) is 0 Å². The summed E-state index contributed by atoms with van der Waals surface area (Å²) in [6.45, 7) is 4.57. The minimum Gasteiger partial charge on any atom is -0.332 e. The van der Waals surface area contributed by atoms with Gasteiger partial charge in [-0.1, -0.05) is 25.5 Å². The number of carbonyl (C=O) groups excluding carboxylic acids is 1. The van der Waals surface area contributed by atoms with Crippen LogP contribution in [0.4, 0.5) is 0 Å². The summed E-state index contributed by atoms with van der Waals surface area (Å²) in [5.41, 5.74) is 1.41. The van der Waals surface area contributed by atoms with Crippen molar-refractivity contribution < 1.29 is 9.72 Å². The fourth-order valence-electron chi connectivity index (χ4n) is 3.46. The second-order valence-electron chi connectivity index (χ2n) is 6.24. The summed E-state index contributed by atoms with van der Waals surface area (Å²) in [5.74, 6) is 0.0685. The molecule has 20 heavy (non-hydrogen) atoms. The number of nitro groups is 1. The maximum atomic E-state index is 12.1. The number of amides is 1. The Morgan fingerprint density at radius 2 is 2.20 bits per heavy atom. The zero-order chi connectivity index (χ0) is 14.7. The molecule has 2 rings (SSSR count). The highest BCUT2D eigenvalue weighted by atomic mass is 16.6. The largest absolute Gasteiger partial charge is 0.332 e. The lowest BCUT2D eigenvalue weighted by Gasteiger charge is -2.28. The second-order valence-corrected chi connectivity index (χ2v) is 6.24. The first-order valence-corrected chi connectivity index (χ1v) is 7.61. The Labute approximate surface area is 120 Å². The second kappa shape index (κ2) is 6.37. The van der Waals surface area contributed by atoms with Crippen molar-refractivity contribution in [2.75, 3.05) is 6.54 Å². The van der Waals surface area contributed by atoms with Crippen molar-refractivity contribution >= 4 is 5.91 Å². The van der Waals surface area contributed by atoms with Crippen molar-refractivity contribution in [2.24, 2.45) is 5.92 Å². The van der Waals surface area contributed by atoms with Crippen LogP contribution in [-0.2, 0) is 4.79 Å². The van der Waals surface area contributed by atoms with Crippen LogP contribution in [0, 0.1) is 16.0 Å². The number of nitrogens with zero attached hydrogens (tertiary/aromatic N) is 2. The molecule has 5 nitrogen and oxygen atoms in total. The smallest absolute Gasteiger partial charge is 0.242 e. The lowest BCUT2D eigenvalue weighted by molar-refractivity contribution is -0.525. The Morgan fingerprint density at radius 3 is 2.75 bits per heavy atom. The number of hydrogen-bond donors (Lipinski definition) is 0. The highest BCUT2D eigenvalue weighted by Gasteiger charge is 2.48. The molecule has 0 aromatic carbocycles. The molecule has 0 radical (unpaired) electrons. The van der Waals surface area contributed by atoms with Gasteiger partial charge in [-0.3, -0.25) is 14.9 Å². The first kappa shape index (κ1) is 15.0. The van der Waals surface area contributed by atoms with Gasteiger partial charge in [-0.25, -0.2) is 0 Å². The van der Waals surface area contributed by atoms with Gasteiger partial charge in [0.1, 0.15) is 6.04 Å². The first-order chi connectivity index (χ1) is 9.50. The molecule has 2 atom stereocenters. The molecule has 0 aromatic rings. The summed E-state index contributed by atoms with van der Waals surface area (Å²) in [6, 6.07) is -0.982. The van der Waals surface area contributed by atoms with Crippen LogP contribution in [0.5, 0.6) is 0 Å². The van der Waals surface area contributed by atoms with Crippen LogP contribution < -0.4 is 0 Å². The van der Waals surface area contributed by atoms with Crippen LogP contribution in [-0.4, -0.2) is 34.4 Å². The van der Waals surface area contributed by atoms with Gasteiger partial charge >= 0.3 is 0 Å². The van der Waals surface area contributed by atoms with Gasteiger partial charge in [-0.2, -0.15) is 0 Å². The Balaban J connectivity index is 2.02. The molecule has 0 unspecified atom stereocenters. The summed E-state index contributed by atoms with van der Waals surface area (Å²) in [4.78, 5) is 24.7. The Kier molecular flexibility index (Phi) is 4.78. The number of allylic oxidation sites excluding steroid dienone is 1. The summed E-state index contributed by atoms with van der Waals surface area (Å²) < 4.78 is 0. The van der Waals surface area contributed by atoms with E-state index in [2.05, 4.69) is 6.08 Å². The van der Waals surface area contributed by atoms with Gasteiger partial charge in [0, 0.05) is 11.5 Å². The maximum Gasteiger partial charge on any atom is 0.242 e. The van der Waals surface area contributed by atoms with E-state index in [1.54, 1.807) is 4.90 Å². The normalized spacial score (nSPS) is 27.1. The molecule has 1 fully saturated rings. The Bertz CT molecular complexity index is 417. The van der Waals surface area contributed by atoms with Gasteiger partial charge in [0.05, 0.1) is 6.42 Å². The molecule has 1 aliphatic heterocycles. The van der Waals surface area contributed by atoms with Crippen molar-refractivity contribution in [1.82, 2.24) is 4.90 Å². The topological polar surface area (TPSA) is 63.5 Å². The fourth-order valence-corrected chi connectivity index (χ4v) is 3.46. The lowest BCUT2D eigenvalue weighted by atomic mass is 9.95. The van der Waals surface area contributed by atoms with Crippen molar-refractivity contribution in [2.45, 2.75) is 64.5 Å². The van der Waals surface area contributed by atoms with Crippen LogP contribution >= 0.6 is 0 Å². The molecule has 5 heteroatoms. The number of rotatable bonds is 5. The van der Waals surface area contributed by atoms with E-state index in [0.717, 1.165) is 19.3 Å². The SMILES string of the molecule is CC(C)[C@@H]1[C@@H]([N+](=O)[O-])CC(=O)N1CCC1=CCCCC1. The van der Waals surface area contributed by atoms with Gasteiger partial charge in [-0.15, -0.1) is 0 Å². The van der Waals surface area contributed by atoms with E-state index in [9.17, 15) is 14.9 Å². The van der Waals surface area contributed by atoms with Crippen molar-refractivity contribution in [3.63, 3.8) is 0 Å². The minimum atomic E-state index is -0.733. The summed E-state index contributed by atoms with van der Waals surface area (Å²) in [7, 11) is 0. The molecular formula is C15H24N2O3. The van der Waals surface area contributed by atoms with Gasteiger partial charge in [0.25, 0.3) is 0 Å². The standard InChI is InChI=1S/C15H24N2O3/c1-11(2)15-13(17(19)20)10-14(18)16(15)9-8-12-6-4-3-5-7-12/h6,11,13,15H,3-5,7-10H2,1-2H3/t13-,15+/m0/s1. The predicted molar refractivity (Wildman–Crippen MR) is 76.9 cm³/mol. The number of carbonyl (C=O) groups is 1. The summed E-state index contributed by atoms with van der Waals surface area (Å²) in [5, 5.41) is 11.1. The first-order valence-electron chi connectivity index (χ1n) is 7.61. The molecule has 1 aliphatic carbocycles. The van der Waals surface area contributed by atoms with Crippen LogP contribution in [0.25, 0.3) is 0 Å². The van der Waals surface area contributed by atoms with Gasteiger partial charge in [0.2, 0.25) is 11.9 Å². The molecule has 0 spiro atoms. The van der Waals surface area contributed by atoms with E-state index in [1.807, 2.05) is 13.8 Å². The molecule has 2 aliphatic rings. The average molecular weight is 280 g/mol. The lowest BCUT2D eigenvalue weighted by Crippen LogP contribution is -2.44.